The van der Waals surface area contributed by atoms with E-state index in [1.165, 1.54) is 18.4 Å². The summed E-state index contributed by atoms with van der Waals surface area (Å²) >= 11 is 0. The monoisotopic (exact) mass is 324 g/mol. The first kappa shape index (κ1) is 15.4. The van der Waals surface area contributed by atoms with Gasteiger partial charge in [0.1, 0.15) is 0 Å². The van der Waals surface area contributed by atoms with E-state index in [1.54, 1.807) is 10.9 Å². The van der Waals surface area contributed by atoms with Crippen molar-refractivity contribution < 1.29 is 4.79 Å². The molecule has 1 aromatic carbocycles. The number of nitrogens with one attached hydrogen (secondary N) is 1. The highest BCUT2D eigenvalue weighted by molar-refractivity contribution is 5.99. The predicted octanol–water partition coefficient (Wildman–Crippen LogP) is 2.45. The average Bonchev–Trinajstić information content (AvgIpc) is 3.31. The van der Waals surface area contributed by atoms with Crippen molar-refractivity contribution in [2.45, 2.75) is 43.7 Å². The Morgan fingerprint density at radius 3 is 2.75 bits per heavy atom. The fraction of sp³-hybridized carbons (Fsp3) is 0.474. The van der Waals surface area contributed by atoms with Gasteiger partial charge in [0.2, 0.25) is 5.91 Å². The number of carbonyl (C=O) groups excluding carboxylic acids is 1. The van der Waals surface area contributed by atoms with Crippen LogP contribution in [0.15, 0.2) is 42.7 Å². The molecule has 4 rings (SSSR count). The number of hydrogen-bond acceptors (Lipinski definition) is 3. The fourth-order valence-corrected chi connectivity index (χ4v) is 4.16. The highest BCUT2D eigenvalue weighted by Gasteiger charge is 2.37. The van der Waals surface area contributed by atoms with Gasteiger partial charge in [-0.2, -0.15) is 5.10 Å². The Kier molecular flexibility index (Phi) is 4.10. The van der Waals surface area contributed by atoms with E-state index >= 15 is 0 Å². The van der Waals surface area contributed by atoms with Crippen LogP contribution in [0.4, 0.5) is 5.69 Å². The van der Waals surface area contributed by atoms with Gasteiger partial charge in [-0.3, -0.25) is 9.48 Å². The standard InChI is InChI=1S/C19H24N4O/c1-22-13-15(12-20-22)23-11-10-18(19(23)24)21-17-9-5-8-16(17)14-6-3-2-4-7-14/h2-4,6-7,12-13,16-18,21H,5,8-11H2,1H3. The fourth-order valence-electron chi connectivity index (χ4n) is 4.16. The normalized spacial score (nSPS) is 27.1. The van der Waals surface area contributed by atoms with Crippen LogP contribution >= 0.6 is 0 Å². The molecule has 2 fully saturated rings. The van der Waals surface area contributed by atoms with Crippen molar-refractivity contribution in [1.82, 2.24) is 15.1 Å². The molecular weight excluding hydrogens is 300 g/mol. The number of anilines is 1. The first-order valence-electron chi connectivity index (χ1n) is 8.83. The van der Waals surface area contributed by atoms with Crippen LogP contribution in [-0.2, 0) is 11.8 Å². The van der Waals surface area contributed by atoms with Crippen molar-refractivity contribution in [3.05, 3.63) is 48.3 Å². The maximum atomic E-state index is 12.8. The second-order valence-corrected chi connectivity index (χ2v) is 6.92. The van der Waals surface area contributed by atoms with Gasteiger partial charge in [-0.15, -0.1) is 0 Å². The van der Waals surface area contributed by atoms with E-state index in [4.69, 9.17) is 0 Å². The van der Waals surface area contributed by atoms with Crippen molar-refractivity contribution >= 4 is 11.6 Å². The molecule has 0 radical (unpaired) electrons. The van der Waals surface area contributed by atoms with Crippen LogP contribution < -0.4 is 10.2 Å². The minimum Gasteiger partial charge on any atom is -0.308 e. The van der Waals surface area contributed by atoms with Gasteiger partial charge in [0, 0.05) is 25.8 Å². The maximum absolute atomic E-state index is 12.8. The molecule has 2 heterocycles. The smallest absolute Gasteiger partial charge is 0.244 e. The highest BCUT2D eigenvalue weighted by Crippen LogP contribution is 2.35. The molecule has 5 heteroatoms. The molecule has 1 saturated carbocycles. The molecule has 0 bridgehead atoms. The lowest BCUT2D eigenvalue weighted by Crippen LogP contribution is -2.44. The number of aryl methyl sites for hydroxylation is 1. The highest BCUT2D eigenvalue weighted by atomic mass is 16.2. The lowest BCUT2D eigenvalue weighted by atomic mass is 9.93. The average molecular weight is 324 g/mol. The van der Waals surface area contributed by atoms with Crippen molar-refractivity contribution in [2.24, 2.45) is 7.05 Å². The summed E-state index contributed by atoms with van der Waals surface area (Å²) in [6.07, 6.45) is 8.12. The zero-order valence-electron chi connectivity index (χ0n) is 14.1. The summed E-state index contributed by atoms with van der Waals surface area (Å²) < 4.78 is 1.74. The molecule has 1 saturated heterocycles. The number of benzene rings is 1. The number of hydrogen-bond donors (Lipinski definition) is 1. The molecule has 1 amide bonds. The SMILES string of the molecule is Cn1cc(N2CCC(NC3CCCC3c3ccccc3)C2=O)cn1. The van der Waals surface area contributed by atoms with Crippen LogP contribution in [0.5, 0.6) is 0 Å². The van der Waals surface area contributed by atoms with Gasteiger partial charge < -0.3 is 10.2 Å². The molecule has 126 valence electrons. The summed E-state index contributed by atoms with van der Waals surface area (Å²) in [5.74, 6) is 0.702. The number of amides is 1. The number of carbonyl (C=O) groups is 1. The molecule has 1 aromatic heterocycles. The van der Waals surface area contributed by atoms with Gasteiger partial charge in [0.25, 0.3) is 0 Å². The molecule has 3 unspecified atom stereocenters. The van der Waals surface area contributed by atoms with E-state index in [0.717, 1.165) is 25.1 Å². The largest absolute Gasteiger partial charge is 0.308 e. The molecule has 2 aliphatic rings. The van der Waals surface area contributed by atoms with E-state index < -0.39 is 0 Å². The van der Waals surface area contributed by atoms with E-state index in [-0.39, 0.29) is 11.9 Å². The van der Waals surface area contributed by atoms with Crippen molar-refractivity contribution in [3.8, 4) is 0 Å². The molecule has 24 heavy (non-hydrogen) atoms. The summed E-state index contributed by atoms with van der Waals surface area (Å²) in [7, 11) is 1.88. The van der Waals surface area contributed by atoms with E-state index in [0.29, 0.717) is 12.0 Å². The lowest BCUT2D eigenvalue weighted by Gasteiger charge is -2.24. The van der Waals surface area contributed by atoms with Gasteiger partial charge in [-0.25, -0.2) is 0 Å². The third-order valence-electron chi connectivity index (χ3n) is 5.37. The molecule has 1 aliphatic carbocycles. The van der Waals surface area contributed by atoms with E-state index in [2.05, 4.69) is 40.7 Å². The Labute approximate surface area is 142 Å². The zero-order valence-corrected chi connectivity index (χ0v) is 14.1. The Morgan fingerprint density at radius 2 is 2.00 bits per heavy atom. The summed E-state index contributed by atoms with van der Waals surface area (Å²) in [4.78, 5) is 14.6. The molecule has 0 spiro atoms. The summed E-state index contributed by atoms with van der Waals surface area (Å²) in [5.41, 5.74) is 2.29. The minimum atomic E-state index is -0.0699. The van der Waals surface area contributed by atoms with Crippen LogP contribution in [0, 0.1) is 0 Å². The Morgan fingerprint density at radius 1 is 1.17 bits per heavy atom. The molecule has 3 atom stereocenters. The second-order valence-electron chi connectivity index (χ2n) is 6.92. The Balaban J connectivity index is 1.45. The molecule has 2 aromatic rings. The Bertz CT molecular complexity index is 711. The number of nitrogens with zero attached hydrogens (tertiary/aromatic N) is 3. The van der Waals surface area contributed by atoms with Gasteiger partial charge in [0.05, 0.1) is 17.9 Å². The van der Waals surface area contributed by atoms with E-state index in [1.807, 2.05) is 18.1 Å². The van der Waals surface area contributed by atoms with Crippen molar-refractivity contribution in [2.75, 3.05) is 11.4 Å². The van der Waals surface area contributed by atoms with Gasteiger partial charge in [0.15, 0.2) is 0 Å². The minimum absolute atomic E-state index is 0.0699. The van der Waals surface area contributed by atoms with Crippen molar-refractivity contribution in [1.29, 1.82) is 0 Å². The molecule has 1 aliphatic heterocycles. The quantitative estimate of drug-likeness (QED) is 0.940. The number of rotatable bonds is 4. The topological polar surface area (TPSA) is 50.2 Å². The third kappa shape index (κ3) is 2.84. The molecular formula is C19H24N4O. The number of aromatic nitrogens is 2. The molecule has 5 nitrogen and oxygen atoms in total. The molecule has 1 N–H and O–H groups in total. The lowest BCUT2D eigenvalue weighted by molar-refractivity contribution is -0.119. The predicted molar refractivity (Wildman–Crippen MR) is 93.9 cm³/mol. The van der Waals surface area contributed by atoms with Crippen LogP contribution in [0.2, 0.25) is 0 Å². The van der Waals surface area contributed by atoms with Gasteiger partial charge >= 0.3 is 0 Å². The van der Waals surface area contributed by atoms with Crippen LogP contribution in [-0.4, -0.2) is 34.3 Å². The summed E-state index contributed by atoms with van der Waals surface area (Å²) in [5, 5.41) is 7.84. The summed E-state index contributed by atoms with van der Waals surface area (Å²) in [6, 6.07) is 11.0. The van der Waals surface area contributed by atoms with Crippen molar-refractivity contribution in [3.63, 3.8) is 0 Å². The van der Waals surface area contributed by atoms with E-state index in [9.17, 15) is 4.79 Å². The first-order chi connectivity index (χ1) is 11.7. The second kappa shape index (κ2) is 6.40. The first-order valence-corrected chi connectivity index (χ1v) is 8.83. The summed E-state index contributed by atoms with van der Waals surface area (Å²) in [6.45, 7) is 0.769. The van der Waals surface area contributed by atoms with Crippen LogP contribution in [0.1, 0.15) is 37.2 Å². The van der Waals surface area contributed by atoms with Gasteiger partial charge in [-0.05, 0) is 30.7 Å². The van der Waals surface area contributed by atoms with Crippen LogP contribution in [0.25, 0.3) is 0 Å². The maximum Gasteiger partial charge on any atom is 0.244 e. The van der Waals surface area contributed by atoms with Crippen LogP contribution in [0.3, 0.4) is 0 Å². The zero-order chi connectivity index (χ0) is 16.5. The Hall–Kier alpha value is -2.14. The third-order valence-corrected chi connectivity index (χ3v) is 5.37. The van der Waals surface area contributed by atoms with Gasteiger partial charge in [-0.1, -0.05) is 36.8 Å².